The Kier molecular flexibility index (Phi) is 10.8. The summed E-state index contributed by atoms with van der Waals surface area (Å²) in [6.07, 6.45) is 0. The van der Waals surface area contributed by atoms with Gasteiger partial charge in [-0.15, -0.1) is 0 Å². The van der Waals surface area contributed by atoms with Gasteiger partial charge in [-0.25, -0.2) is 9.78 Å². The first-order chi connectivity index (χ1) is 16.1. The fourth-order valence-corrected chi connectivity index (χ4v) is 3.70. The third-order valence-corrected chi connectivity index (χ3v) is 5.42. The highest BCUT2D eigenvalue weighted by molar-refractivity contribution is 5.85. The molecule has 0 amide bonds. The molecule has 2 rings (SSSR count). The van der Waals surface area contributed by atoms with E-state index in [2.05, 4.69) is 4.98 Å². The number of rotatable bonds is 9. The summed E-state index contributed by atoms with van der Waals surface area (Å²) in [4.78, 5) is 56.4. The average Bonchev–Trinajstić information content (AvgIpc) is 2.74. The van der Waals surface area contributed by atoms with Gasteiger partial charge < -0.3 is 20.4 Å². The van der Waals surface area contributed by atoms with Crippen LogP contribution in [-0.4, -0.2) is 141 Å². The summed E-state index contributed by atoms with van der Waals surface area (Å²) in [7, 11) is 0. The minimum atomic E-state index is -1.14. The Morgan fingerprint density at radius 1 is 0.647 bits per heavy atom. The molecule has 0 saturated carbocycles. The van der Waals surface area contributed by atoms with Gasteiger partial charge in [-0.2, -0.15) is 0 Å². The molecule has 1 aliphatic heterocycles. The Morgan fingerprint density at radius 2 is 1.03 bits per heavy atom. The summed E-state index contributed by atoms with van der Waals surface area (Å²) in [5, 5.41) is 36.9. The SMILES string of the molecule is O=C(O)CN1CCN(CC(=O)O)CCN(Cc2cccc(C(=O)O)n2)CCN(CC(=O)O)CC1. The van der Waals surface area contributed by atoms with Crippen molar-refractivity contribution >= 4 is 23.9 Å². The molecule has 1 saturated heterocycles. The maximum Gasteiger partial charge on any atom is 0.354 e. The molecule has 0 aliphatic carbocycles. The number of aliphatic carboxylic acids is 3. The fraction of sp³-hybridized carbons (Fsp3) is 0.571. The van der Waals surface area contributed by atoms with E-state index in [9.17, 15) is 39.6 Å². The van der Waals surface area contributed by atoms with Gasteiger partial charge in [0.05, 0.1) is 25.3 Å². The van der Waals surface area contributed by atoms with E-state index >= 15 is 0 Å². The molecule has 0 unspecified atom stereocenters. The number of carbonyl (C=O) groups is 4. The average molecular weight is 482 g/mol. The van der Waals surface area contributed by atoms with E-state index in [1.165, 1.54) is 6.07 Å². The number of aromatic carboxylic acids is 1. The maximum atomic E-state index is 11.3. The number of hydrogen-bond acceptors (Lipinski definition) is 9. The molecule has 188 valence electrons. The van der Waals surface area contributed by atoms with Crippen molar-refractivity contribution < 1.29 is 39.6 Å². The number of aromatic nitrogens is 1. The molecule has 2 heterocycles. The number of nitrogens with zero attached hydrogens (tertiary/aromatic N) is 5. The predicted molar refractivity (Wildman–Crippen MR) is 119 cm³/mol. The Balaban J connectivity index is 2.20. The highest BCUT2D eigenvalue weighted by Crippen LogP contribution is 2.07. The van der Waals surface area contributed by atoms with Crippen LogP contribution in [0.5, 0.6) is 0 Å². The summed E-state index contributed by atoms with van der Waals surface area (Å²) in [6.45, 7) is 2.63. The lowest BCUT2D eigenvalue weighted by atomic mass is 10.2. The fourth-order valence-electron chi connectivity index (χ4n) is 3.70. The van der Waals surface area contributed by atoms with Crippen molar-refractivity contribution in [3.05, 3.63) is 29.6 Å². The monoisotopic (exact) mass is 481 g/mol. The molecule has 4 N–H and O–H groups in total. The van der Waals surface area contributed by atoms with Crippen LogP contribution in [-0.2, 0) is 20.9 Å². The van der Waals surface area contributed by atoms with Gasteiger partial charge in [-0.3, -0.25) is 34.0 Å². The topological polar surface area (TPSA) is 175 Å². The number of carboxylic acid groups (broad SMARTS) is 4. The number of hydrogen-bond donors (Lipinski definition) is 4. The quantitative estimate of drug-likeness (QED) is 0.330. The second-order valence-corrected chi connectivity index (χ2v) is 8.11. The van der Waals surface area contributed by atoms with Gasteiger partial charge in [0.1, 0.15) is 5.69 Å². The first-order valence-corrected chi connectivity index (χ1v) is 10.9. The van der Waals surface area contributed by atoms with E-state index in [1.54, 1.807) is 26.8 Å². The Hall–Kier alpha value is -3.13. The van der Waals surface area contributed by atoms with E-state index in [0.717, 1.165) is 0 Å². The van der Waals surface area contributed by atoms with Crippen molar-refractivity contribution in [1.29, 1.82) is 0 Å². The van der Waals surface area contributed by atoms with E-state index in [0.29, 0.717) is 64.6 Å². The number of carboxylic acids is 4. The first kappa shape index (κ1) is 27.1. The van der Waals surface area contributed by atoms with Crippen molar-refractivity contribution in [2.24, 2.45) is 0 Å². The molecule has 13 heteroatoms. The van der Waals surface area contributed by atoms with Gasteiger partial charge in [-0.1, -0.05) is 6.07 Å². The summed E-state index contributed by atoms with van der Waals surface area (Å²) in [5.74, 6) is -4.13. The molecule has 1 fully saturated rings. The summed E-state index contributed by atoms with van der Waals surface area (Å²) < 4.78 is 0. The molecule has 0 aromatic carbocycles. The molecule has 0 atom stereocenters. The van der Waals surface area contributed by atoms with E-state index in [1.807, 2.05) is 4.90 Å². The van der Waals surface area contributed by atoms with Crippen LogP contribution in [0, 0.1) is 0 Å². The second-order valence-electron chi connectivity index (χ2n) is 8.11. The van der Waals surface area contributed by atoms with Gasteiger partial charge in [0.15, 0.2) is 0 Å². The second kappa shape index (κ2) is 13.5. The largest absolute Gasteiger partial charge is 0.480 e. The minimum absolute atomic E-state index is 0.0783. The number of pyridine rings is 1. The van der Waals surface area contributed by atoms with Crippen LogP contribution in [0.1, 0.15) is 16.2 Å². The van der Waals surface area contributed by atoms with Crippen molar-refractivity contribution in [3.63, 3.8) is 0 Å². The Bertz CT molecular complexity index is 835. The van der Waals surface area contributed by atoms with Crippen molar-refractivity contribution in [2.45, 2.75) is 6.54 Å². The zero-order chi connectivity index (χ0) is 25.1. The van der Waals surface area contributed by atoms with Gasteiger partial charge >= 0.3 is 23.9 Å². The molecule has 13 nitrogen and oxygen atoms in total. The van der Waals surface area contributed by atoms with E-state index < -0.39 is 23.9 Å². The highest BCUT2D eigenvalue weighted by Gasteiger charge is 2.20. The van der Waals surface area contributed by atoms with Crippen LogP contribution >= 0.6 is 0 Å². The summed E-state index contributed by atoms with van der Waals surface area (Å²) in [6, 6.07) is 4.71. The zero-order valence-electron chi connectivity index (χ0n) is 18.9. The van der Waals surface area contributed by atoms with Crippen LogP contribution in [0.15, 0.2) is 18.2 Å². The van der Waals surface area contributed by atoms with Gasteiger partial charge in [-0.05, 0) is 12.1 Å². The molecule has 0 spiro atoms. The Morgan fingerprint density at radius 3 is 1.38 bits per heavy atom. The maximum absolute atomic E-state index is 11.3. The van der Waals surface area contributed by atoms with Crippen LogP contribution < -0.4 is 0 Å². The van der Waals surface area contributed by atoms with Gasteiger partial charge in [0.2, 0.25) is 0 Å². The van der Waals surface area contributed by atoms with E-state index in [-0.39, 0.29) is 25.3 Å². The Labute approximate surface area is 196 Å². The molecular weight excluding hydrogens is 450 g/mol. The van der Waals surface area contributed by atoms with Crippen molar-refractivity contribution in [2.75, 3.05) is 72.0 Å². The van der Waals surface area contributed by atoms with Gasteiger partial charge in [0, 0.05) is 58.9 Å². The first-order valence-electron chi connectivity index (χ1n) is 10.9. The van der Waals surface area contributed by atoms with Gasteiger partial charge in [0.25, 0.3) is 0 Å². The van der Waals surface area contributed by atoms with Crippen LogP contribution in [0.25, 0.3) is 0 Å². The van der Waals surface area contributed by atoms with Crippen LogP contribution in [0.4, 0.5) is 0 Å². The van der Waals surface area contributed by atoms with Crippen LogP contribution in [0.3, 0.4) is 0 Å². The molecule has 1 aromatic heterocycles. The normalized spacial score (nSPS) is 18.0. The third-order valence-electron chi connectivity index (χ3n) is 5.42. The zero-order valence-corrected chi connectivity index (χ0v) is 18.9. The smallest absolute Gasteiger partial charge is 0.354 e. The lowest BCUT2D eigenvalue weighted by Crippen LogP contribution is -2.48. The molecule has 0 radical (unpaired) electrons. The minimum Gasteiger partial charge on any atom is -0.480 e. The predicted octanol–water partition coefficient (Wildman–Crippen LogP) is -1.24. The molecule has 1 aromatic rings. The lowest BCUT2D eigenvalue weighted by molar-refractivity contribution is -0.140. The van der Waals surface area contributed by atoms with Crippen LogP contribution in [0.2, 0.25) is 0 Å². The third kappa shape index (κ3) is 10.2. The lowest BCUT2D eigenvalue weighted by Gasteiger charge is -2.33. The van der Waals surface area contributed by atoms with Crippen molar-refractivity contribution in [3.8, 4) is 0 Å². The summed E-state index contributed by atoms with van der Waals surface area (Å²) in [5.41, 5.74) is 0.458. The van der Waals surface area contributed by atoms with E-state index in [4.69, 9.17) is 0 Å². The molecule has 34 heavy (non-hydrogen) atoms. The summed E-state index contributed by atoms with van der Waals surface area (Å²) >= 11 is 0. The van der Waals surface area contributed by atoms with Crippen molar-refractivity contribution in [1.82, 2.24) is 24.6 Å². The molecule has 0 bridgehead atoms. The standard InChI is InChI=1S/C21H31N5O8/c27-18(28)13-24-6-4-23(12-16-2-1-3-17(22-16)21(33)34)5-7-25(14-19(29)30)9-11-26(10-8-24)15-20(31)32/h1-3H,4-15H2,(H,27,28)(H,29,30)(H,31,32)(H,33,34). The highest BCUT2D eigenvalue weighted by atomic mass is 16.4. The molecular formula is C21H31N5O8. The molecule has 1 aliphatic rings.